The molecular weight excluding hydrogens is 392 g/mol. The highest BCUT2D eigenvalue weighted by atomic mass is 16.6. The third-order valence-corrected chi connectivity index (χ3v) is 5.14. The van der Waals surface area contributed by atoms with Gasteiger partial charge in [0.1, 0.15) is 18.3 Å². The predicted molar refractivity (Wildman–Crippen MR) is 107 cm³/mol. The summed E-state index contributed by atoms with van der Waals surface area (Å²) in [6.07, 6.45) is 3.45. The second-order valence-electron chi connectivity index (χ2n) is 7.43. The van der Waals surface area contributed by atoms with Gasteiger partial charge in [0.15, 0.2) is 0 Å². The lowest BCUT2D eigenvalue weighted by Crippen LogP contribution is -2.34. The summed E-state index contributed by atoms with van der Waals surface area (Å²) >= 11 is 0. The molecule has 0 aromatic rings. The van der Waals surface area contributed by atoms with Gasteiger partial charge in [-0.15, -0.1) is 0 Å². The van der Waals surface area contributed by atoms with E-state index < -0.39 is 55.4 Å². The van der Waals surface area contributed by atoms with Crippen molar-refractivity contribution in [1.29, 1.82) is 0 Å². The molecule has 4 atom stereocenters. The van der Waals surface area contributed by atoms with Crippen molar-refractivity contribution in [1.82, 2.24) is 0 Å². The van der Waals surface area contributed by atoms with Crippen molar-refractivity contribution in [3.63, 3.8) is 0 Å². The number of carbonyl (C=O) groups is 3. The van der Waals surface area contributed by atoms with Crippen LogP contribution < -0.4 is 0 Å². The Hall–Kier alpha value is -2.71. The molecule has 0 amide bonds. The van der Waals surface area contributed by atoms with Crippen LogP contribution in [0.2, 0.25) is 0 Å². The number of ether oxygens (including phenoxy) is 3. The first-order valence-corrected chi connectivity index (χ1v) is 9.70. The average Bonchev–Trinajstić information content (AvgIpc) is 2.94. The van der Waals surface area contributed by atoms with E-state index in [1.807, 2.05) is 13.0 Å². The molecule has 1 fully saturated rings. The van der Waals surface area contributed by atoms with Gasteiger partial charge in [0.2, 0.25) is 0 Å². The van der Waals surface area contributed by atoms with Gasteiger partial charge in [-0.2, -0.15) is 0 Å². The Kier molecular flexibility index (Phi) is 8.14. The molecule has 164 valence electrons. The van der Waals surface area contributed by atoms with Gasteiger partial charge in [0.25, 0.3) is 0 Å². The van der Waals surface area contributed by atoms with Gasteiger partial charge in [-0.25, -0.2) is 9.59 Å². The lowest BCUT2D eigenvalue weighted by molar-refractivity contribution is -0.148. The summed E-state index contributed by atoms with van der Waals surface area (Å²) in [5, 5.41) is 18.4. The van der Waals surface area contributed by atoms with Crippen LogP contribution in [0.4, 0.5) is 0 Å². The van der Waals surface area contributed by atoms with Crippen molar-refractivity contribution < 1.29 is 38.8 Å². The molecule has 0 aromatic carbocycles. The molecule has 8 nitrogen and oxygen atoms in total. The summed E-state index contributed by atoms with van der Waals surface area (Å²) in [5.41, 5.74) is 1.67. The first kappa shape index (κ1) is 23.6. The van der Waals surface area contributed by atoms with Crippen LogP contribution in [0.15, 0.2) is 47.1 Å². The number of aliphatic hydroxyl groups is 2. The normalized spacial score (nSPS) is 30.9. The summed E-state index contributed by atoms with van der Waals surface area (Å²) in [5.74, 6) is -2.44. The highest BCUT2D eigenvalue weighted by Gasteiger charge is 2.45. The number of hydrogen-bond acceptors (Lipinski definition) is 8. The third-order valence-electron chi connectivity index (χ3n) is 5.14. The molecular formula is C22H28O8. The van der Waals surface area contributed by atoms with Gasteiger partial charge in [-0.05, 0) is 31.6 Å². The van der Waals surface area contributed by atoms with Crippen LogP contribution in [0.3, 0.4) is 0 Å². The average molecular weight is 420 g/mol. The summed E-state index contributed by atoms with van der Waals surface area (Å²) in [6.45, 7) is 7.76. The molecule has 0 bridgehead atoms. The number of fused-ring (bicyclic) bond motifs is 1. The zero-order valence-electron chi connectivity index (χ0n) is 17.4. The Morgan fingerprint density at radius 1 is 1.30 bits per heavy atom. The van der Waals surface area contributed by atoms with Crippen molar-refractivity contribution in [3.8, 4) is 0 Å². The maximum atomic E-state index is 12.5. The first-order valence-electron chi connectivity index (χ1n) is 9.70. The van der Waals surface area contributed by atoms with Crippen LogP contribution in [0.5, 0.6) is 0 Å². The molecule has 8 heteroatoms. The van der Waals surface area contributed by atoms with E-state index in [1.54, 1.807) is 13.0 Å². The summed E-state index contributed by atoms with van der Waals surface area (Å²) in [4.78, 5) is 36.2. The lowest BCUT2D eigenvalue weighted by Gasteiger charge is -2.28. The summed E-state index contributed by atoms with van der Waals surface area (Å²) in [6, 6.07) is 0. The number of esters is 3. The van der Waals surface area contributed by atoms with Gasteiger partial charge in [-0.3, -0.25) is 4.79 Å². The minimum Gasteiger partial charge on any atom is -0.458 e. The van der Waals surface area contributed by atoms with Crippen molar-refractivity contribution in [2.24, 2.45) is 5.92 Å². The van der Waals surface area contributed by atoms with Crippen molar-refractivity contribution in [2.75, 3.05) is 13.2 Å². The Morgan fingerprint density at radius 2 is 2.00 bits per heavy atom. The summed E-state index contributed by atoms with van der Waals surface area (Å²) < 4.78 is 16.5. The second-order valence-corrected chi connectivity index (χ2v) is 7.43. The zero-order chi connectivity index (χ0) is 22.4. The van der Waals surface area contributed by atoms with E-state index in [0.717, 1.165) is 5.57 Å². The molecule has 0 unspecified atom stereocenters. The molecule has 0 aromatic heterocycles. The molecule has 2 N–H and O–H groups in total. The number of carbonyl (C=O) groups excluding carboxylic acids is 3. The highest BCUT2D eigenvalue weighted by Crippen LogP contribution is 2.36. The highest BCUT2D eigenvalue weighted by molar-refractivity contribution is 5.92. The Bertz CT molecular complexity index is 804. The lowest BCUT2D eigenvalue weighted by atomic mass is 9.85. The largest absolute Gasteiger partial charge is 0.458 e. The first-order chi connectivity index (χ1) is 14.2. The van der Waals surface area contributed by atoms with E-state index in [2.05, 4.69) is 6.58 Å². The van der Waals surface area contributed by atoms with E-state index in [4.69, 9.17) is 19.3 Å². The fourth-order valence-corrected chi connectivity index (χ4v) is 3.56. The molecule has 30 heavy (non-hydrogen) atoms. The molecule has 0 radical (unpaired) electrons. The number of aliphatic hydroxyl groups excluding tert-OH is 2. The molecule has 2 aliphatic rings. The number of rotatable bonds is 5. The van der Waals surface area contributed by atoms with Crippen LogP contribution in [0.25, 0.3) is 0 Å². The Balaban J connectivity index is 2.42. The van der Waals surface area contributed by atoms with Crippen molar-refractivity contribution >= 4 is 17.9 Å². The molecule has 1 saturated heterocycles. The Morgan fingerprint density at radius 3 is 2.60 bits per heavy atom. The van der Waals surface area contributed by atoms with E-state index in [1.165, 1.54) is 13.0 Å². The van der Waals surface area contributed by atoms with E-state index in [9.17, 15) is 19.5 Å². The maximum absolute atomic E-state index is 12.5. The minimum absolute atomic E-state index is 0.0784. The Labute approximate surface area is 175 Å². The quantitative estimate of drug-likeness (QED) is 0.297. The third kappa shape index (κ3) is 5.67. The number of hydrogen-bond donors (Lipinski definition) is 2. The predicted octanol–water partition coefficient (Wildman–Crippen LogP) is 1.53. The molecule has 1 aliphatic heterocycles. The van der Waals surface area contributed by atoms with Gasteiger partial charge in [0, 0.05) is 25.3 Å². The maximum Gasteiger partial charge on any atom is 0.336 e. The van der Waals surface area contributed by atoms with Crippen molar-refractivity contribution in [3.05, 3.63) is 47.1 Å². The fraction of sp³-hybridized carbons (Fsp3) is 0.500. The molecule has 0 spiro atoms. The smallest absolute Gasteiger partial charge is 0.336 e. The van der Waals surface area contributed by atoms with Crippen LogP contribution in [0.1, 0.15) is 33.6 Å². The van der Waals surface area contributed by atoms with E-state index in [-0.39, 0.29) is 11.1 Å². The second kappa shape index (κ2) is 10.4. The van der Waals surface area contributed by atoms with Crippen LogP contribution in [-0.4, -0.2) is 59.6 Å². The molecule has 1 aliphatic carbocycles. The monoisotopic (exact) mass is 420 g/mol. The van der Waals surface area contributed by atoms with E-state index in [0.29, 0.717) is 18.4 Å². The minimum atomic E-state index is -0.786. The molecule has 0 saturated carbocycles. The van der Waals surface area contributed by atoms with Gasteiger partial charge >= 0.3 is 17.9 Å². The molecule has 2 rings (SSSR count). The fourth-order valence-electron chi connectivity index (χ4n) is 3.56. The van der Waals surface area contributed by atoms with Gasteiger partial charge in [-0.1, -0.05) is 18.2 Å². The van der Waals surface area contributed by atoms with Crippen LogP contribution >= 0.6 is 0 Å². The van der Waals surface area contributed by atoms with Gasteiger partial charge < -0.3 is 24.4 Å². The van der Waals surface area contributed by atoms with Crippen molar-refractivity contribution in [2.45, 2.75) is 51.9 Å². The van der Waals surface area contributed by atoms with Crippen LogP contribution in [-0.2, 0) is 28.6 Å². The topological polar surface area (TPSA) is 119 Å². The SMILES string of the molecule is C=C1C(=O)O[C@@H]2/C=C(/C)[C@@H](OC(C)=O)C/C=C(\C)C[C@@H](OC(=O)/C(=C/CO)CO)[C@H]12. The van der Waals surface area contributed by atoms with Crippen LogP contribution in [0, 0.1) is 5.92 Å². The van der Waals surface area contributed by atoms with E-state index >= 15 is 0 Å². The molecule has 1 heterocycles. The summed E-state index contributed by atoms with van der Waals surface area (Å²) in [7, 11) is 0. The standard InChI is InChI=1S/C22H28O8/c1-12-5-6-17(28-15(4)25)13(2)10-19-20(14(3)21(26)29-19)18(9-12)30-22(27)16(11-24)7-8-23/h5,7,10,17-20,23-24H,3,6,8-9,11H2,1-2,4H3/b12-5+,13-10-,16-7+/t17-,18+,19+,20-/m0/s1. The van der Waals surface area contributed by atoms with Gasteiger partial charge in [0.05, 0.1) is 24.7 Å². The zero-order valence-corrected chi connectivity index (χ0v) is 17.4.